The summed E-state index contributed by atoms with van der Waals surface area (Å²) in [6, 6.07) is 2.93. The molecule has 2 unspecified atom stereocenters. The van der Waals surface area contributed by atoms with Crippen LogP contribution in [0, 0.1) is 0 Å². The van der Waals surface area contributed by atoms with E-state index < -0.39 is 12.0 Å². The molecule has 0 aromatic carbocycles. The SMILES string of the molecule is COC(=O)C(CCSC)NC(=O)[C@@H]1CSC(c2cccnc2)N1. The molecular formula is C15H21N3O3S2. The van der Waals surface area contributed by atoms with E-state index >= 15 is 0 Å². The lowest BCUT2D eigenvalue weighted by atomic mass is 10.2. The highest BCUT2D eigenvalue weighted by molar-refractivity contribution is 7.99. The molecule has 0 saturated carbocycles. The number of ether oxygens (including phenoxy) is 1. The normalized spacial score (nSPS) is 21.7. The summed E-state index contributed by atoms with van der Waals surface area (Å²) in [5, 5.41) is 6.12. The average Bonchev–Trinajstić information content (AvgIpc) is 3.08. The average molecular weight is 355 g/mol. The van der Waals surface area contributed by atoms with Crippen LogP contribution in [-0.4, -0.2) is 53.8 Å². The molecule has 1 aromatic heterocycles. The Bertz CT molecular complexity index is 530. The van der Waals surface area contributed by atoms with Crippen LogP contribution in [0.2, 0.25) is 0 Å². The van der Waals surface area contributed by atoms with E-state index in [2.05, 4.69) is 15.6 Å². The van der Waals surface area contributed by atoms with E-state index in [0.29, 0.717) is 12.2 Å². The van der Waals surface area contributed by atoms with Crippen LogP contribution in [0.15, 0.2) is 24.5 Å². The predicted octanol–water partition coefficient (Wildman–Crippen LogP) is 1.20. The number of carbonyl (C=O) groups excluding carboxylic acids is 2. The smallest absolute Gasteiger partial charge is 0.328 e. The number of hydrogen-bond acceptors (Lipinski definition) is 7. The molecule has 126 valence electrons. The maximum Gasteiger partial charge on any atom is 0.328 e. The van der Waals surface area contributed by atoms with Gasteiger partial charge < -0.3 is 10.1 Å². The first-order valence-electron chi connectivity index (χ1n) is 7.30. The van der Waals surface area contributed by atoms with Gasteiger partial charge in [-0.25, -0.2) is 4.79 Å². The second-order valence-corrected chi connectivity index (χ2v) is 7.21. The fraction of sp³-hybridized carbons (Fsp3) is 0.533. The second-order valence-electron chi connectivity index (χ2n) is 5.08. The Balaban J connectivity index is 1.91. The van der Waals surface area contributed by atoms with Crippen molar-refractivity contribution in [2.45, 2.75) is 23.9 Å². The number of nitrogens with zero attached hydrogens (tertiary/aromatic N) is 1. The van der Waals surface area contributed by atoms with E-state index in [1.807, 2.05) is 18.4 Å². The van der Waals surface area contributed by atoms with Crippen LogP contribution in [0.4, 0.5) is 0 Å². The zero-order valence-electron chi connectivity index (χ0n) is 13.2. The molecule has 2 heterocycles. The predicted molar refractivity (Wildman–Crippen MR) is 93.3 cm³/mol. The van der Waals surface area contributed by atoms with Crippen LogP contribution in [-0.2, 0) is 14.3 Å². The largest absolute Gasteiger partial charge is 0.467 e. The van der Waals surface area contributed by atoms with Gasteiger partial charge in [0.25, 0.3) is 0 Å². The first-order valence-corrected chi connectivity index (χ1v) is 9.74. The van der Waals surface area contributed by atoms with E-state index in [0.717, 1.165) is 11.3 Å². The molecule has 23 heavy (non-hydrogen) atoms. The van der Waals surface area contributed by atoms with Gasteiger partial charge >= 0.3 is 5.97 Å². The van der Waals surface area contributed by atoms with Gasteiger partial charge in [0.05, 0.1) is 18.5 Å². The highest BCUT2D eigenvalue weighted by atomic mass is 32.2. The summed E-state index contributed by atoms with van der Waals surface area (Å²) < 4.78 is 4.77. The Kier molecular flexibility index (Phi) is 7.19. The van der Waals surface area contributed by atoms with Crippen LogP contribution in [0.25, 0.3) is 0 Å². The van der Waals surface area contributed by atoms with Gasteiger partial charge in [-0.2, -0.15) is 11.8 Å². The summed E-state index contributed by atoms with van der Waals surface area (Å²) >= 11 is 3.29. The van der Waals surface area contributed by atoms with E-state index in [9.17, 15) is 9.59 Å². The van der Waals surface area contributed by atoms with Gasteiger partial charge in [-0.3, -0.25) is 15.1 Å². The van der Waals surface area contributed by atoms with Crippen LogP contribution >= 0.6 is 23.5 Å². The summed E-state index contributed by atoms with van der Waals surface area (Å²) in [7, 11) is 1.34. The zero-order valence-corrected chi connectivity index (χ0v) is 14.8. The first kappa shape index (κ1) is 18.1. The van der Waals surface area contributed by atoms with E-state index in [4.69, 9.17) is 4.74 Å². The van der Waals surface area contributed by atoms with Gasteiger partial charge in [0.2, 0.25) is 5.91 Å². The van der Waals surface area contributed by atoms with Gasteiger partial charge in [-0.1, -0.05) is 6.07 Å². The molecule has 8 heteroatoms. The molecule has 1 aliphatic heterocycles. The van der Waals surface area contributed by atoms with Crippen molar-refractivity contribution in [3.63, 3.8) is 0 Å². The number of aromatic nitrogens is 1. The Hall–Kier alpha value is -1.25. The van der Waals surface area contributed by atoms with Crippen molar-refractivity contribution in [2.75, 3.05) is 24.9 Å². The minimum Gasteiger partial charge on any atom is -0.467 e. The highest BCUT2D eigenvalue weighted by Gasteiger charge is 2.32. The van der Waals surface area contributed by atoms with Crippen LogP contribution < -0.4 is 10.6 Å². The highest BCUT2D eigenvalue weighted by Crippen LogP contribution is 2.32. The third kappa shape index (κ3) is 5.12. The van der Waals surface area contributed by atoms with Crippen molar-refractivity contribution in [2.24, 2.45) is 0 Å². The number of methoxy groups -OCH3 is 1. The molecule has 1 aliphatic rings. The third-order valence-corrected chi connectivity index (χ3v) is 5.41. The van der Waals surface area contributed by atoms with Gasteiger partial charge in [0.1, 0.15) is 6.04 Å². The summed E-state index contributed by atoms with van der Waals surface area (Å²) in [5.74, 6) is 0.870. The summed E-state index contributed by atoms with van der Waals surface area (Å²) in [6.07, 6.45) is 6.04. The summed E-state index contributed by atoms with van der Waals surface area (Å²) in [6.45, 7) is 0. The van der Waals surface area contributed by atoms with Gasteiger partial charge in [-0.05, 0) is 30.1 Å². The molecule has 1 fully saturated rings. The second kappa shape index (κ2) is 9.14. The minimum absolute atomic E-state index is 0.0437. The van der Waals surface area contributed by atoms with Crippen molar-refractivity contribution in [3.05, 3.63) is 30.1 Å². The van der Waals surface area contributed by atoms with Crippen LogP contribution in [0.5, 0.6) is 0 Å². The zero-order chi connectivity index (χ0) is 16.7. The van der Waals surface area contributed by atoms with Gasteiger partial charge in [-0.15, -0.1) is 11.8 Å². The molecule has 0 spiro atoms. The lowest BCUT2D eigenvalue weighted by Crippen LogP contribution is -2.49. The summed E-state index contributed by atoms with van der Waals surface area (Å²) in [5.41, 5.74) is 1.04. The first-order chi connectivity index (χ1) is 11.2. The standard InChI is InChI=1S/C15H21N3O3S2/c1-21-15(20)11(5-7-22-2)17-13(19)12-9-23-14(18-12)10-4-3-6-16-8-10/h3-4,6,8,11-12,14,18H,5,7,9H2,1-2H3,(H,17,19)/t11?,12-,14?/m0/s1. The topological polar surface area (TPSA) is 80.3 Å². The van der Waals surface area contributed by atoms with E-state index in [1.165, 1.54) is 7.11 Å². The molecule has 0 bridgehead atoms. The van der Waals surface area contributed by atoms with Crippen molar-refractivity contribution in [3.8, 4) is 0 Å². The number of amides is 1. The number of thioether (sulfide) groups is 2. The number of rotatable bonds is 7. The van der Waals surface area contributed by atoms with Gasteiger partial charge in [0, 0.05) is 18.1 Å². The molecule has 1 aromatic rings. The number of pyridine rings is 1. The van der Waals surface area contributed by atoms with Crippen molar-refractivity contribution in [1.29, 1.82) is 0 Å². The number of nitrogens with one attached hydrogen (secondary N) is 2. The van der Waals surface area contributed by atoms with E-state index in [-0.39, 0.29) is 17.3 Å². The molecule has 3 atom stereocenters. The molecule has 1 amide bonds. The monoisotopic (exact) mass is 355 g/mol. The fourth-order valence-corrected chi connectivity index (χ4v) is 3.94. The van der Waals surface area contributed by atoms with Crippen molar-refractivity contribution < 1.29 is 14.3 Å². The Morgan fingerprint density at radius 3 is 3.09 bits per heavy atom. The minimum atomic E-state index is -0.593. The van der Waals surface area contributed by atoms with Crippen LogP contribution in [0.3, 0.4) is 0 Å². The third-order valence-electron chi connectivity index (χ3n) is 3.50. The molecule has 1 saturated heterocycles. The Labute approximate surface area is 144 Å². The number of hydrogen-bond donors (Lipinski definition) is 2. The molecule has 2 rings (SSSR count). The lowest BCUT2D eigenvalue weighted by Gasteiger charge is -2.19. The molecular weight excluding hydrogens is 334 g/mol. The van der Waals surface area contributed by atoms with Crippen molar-refractivity contribution >= 4 is 35.4 Å². The molecule has 2 N–H and O–H groups in total. The molecule has 0 radical (unpaired) electrons. The number of esters is 1. The summed E-state index contributed by atoms with van der Waals surface area (Å²) in [4.78, 5) is 28.3. The maximum absolute atomic E-state index is 12.4. The van der Waals surface area contributed by atoms with Crippen LogP contribution in [0.1, 0.15) is 17.4 Å². The molecule has 6 nitrogen and oxygen atoms in total. The Morgan fingerprint density at radius 2 is 2.43 bits per heavy atom. The fourth-order valence-electron chi connectivity index (χ4n) is 2.25. The van der Waals surface area contributed by atoms with Crippen molar-refractivity contribution in [1.82, 2.24) is 15.6 Å². The maximum atomic E-state index is 12.4. The lowest BCUT2D eigenvalue weighted by molar-refractivity contribution is -0.145. The number of carbonyl (C=O) groups is 2. The van der Waals surface area contributed by atoms with Gasteiger partial charge in [0.15, 0.2) is 0 Å². The van der Waals surface area contributed by atoms with E-state index in [1.54, 1.807) is 35.9 Å². The molecule has 0 aliphatic carbocycles. The quantitative estimate of drug-likeness (QED) is 0.711. The Morgan fingerprint density at radius 1 is 1.61 bits per heavy atom.